The number of anilines is 1. The highest BCUT2D eigenvalue weighted by atomic mass is 16.2. The molecule has 0 aromatic heterocycles. The molecule has 1 N–H and O–H groups in total. The molecule has 0 fully saturated rings. The molecule has 2 amide bonds. The molecule has 1 aromatic rings. The molecule has 110 valence electrons. The van der Waals surface area contributed by atoms with E-state index >= 15 is 0 Å². The third-order valence-corrected chi connectivity index (χ3v) is 3.53. The highest BCUT2D eigenvalue weighted by molar-refractivity contribution is 5.91. The zero-order valence-electron chi connectivity index (χ0n) is 12.8. The third kappa shape index (κ3) is 4.68. The molecule has 1 unspecified atom stereocenters. The lowest BCUT2D eigenvalue weighted by molar-refractivity contribution is -0.131. The monoisotopic (exact) mass is 276 g/mol. The van der Waals surface area contributed by atoms with Crippen LogP contribution >= 0.6 is 0 Å². The largest absolute Gasteiger partial charge is 0.340 e. The number of amides is 2. The fraction of sp³-hybridized carbons (Fsp3) is 0.500. The average Bonchev–Trinajstić information content (AvgIpc) is 2.41. The van der Waals surface area contributed by atoms with Gasteiger partial charge >= 0.3 is 0 Å². The molecule has 1 aromatic carbocycles. The lowest BCUT2D eigenvalue weighted by Crippen LogP contribution is -2.38. The molecule has 0 radical (unpaired) electrons. The predicted octanol–water partition coefficient (Wildman–Crippen LogP) is 2.97. The number of hydrogen-bond donors (Lipinski definition) is 1. The first-order chi connectivity index (χ1) is 9.45. The van der Waals surface area contributed by atoms with Crippen molar-refractivity contribution < 1.29 is 9.59 Å². The van der Waals surface area contributed by atoms with Crippen molar-refractivity contribution in [2.45, 2.75) is 46.6 Å². The fourth-order valence-corrected chi connectivity index (χ4v) is 2.06. The summed E-state index contributed by atoms with van der Waals surface area (Å²) in [5.74, 6) is -0.0445. The van der Waals surface area contributed by atoms with Crippen LogP contribution in [0.3, 0.4) is 0 Å². The van der Waals surface area contributed by atoms with Crippen LogP contribution in [0.4, 0.5) is 5.69 Å². The van der Waals surface area contributed by atoms with Crippen molar-refractivity contribution in [1.82, 2.24) is 4.90 Å². The van der Waals surface area contributed by atoms with E-state index in [4.69, 9.17) is 0 Å². The number of hydrogen-bond acceptors (Lipinski definition) is 2. The van der Waals surface area contributed by atoms with Crippen molar-refractivity contribution in [1.29, 1.82) is 0 Å². The van der Waals surface area contributed by atoms with E-state index < -0.39 is 0 Å². The number of nitrogens with zero attached hydrogens (tertiary/aromatic N) is 1. The van der Waals surface area contributed by atoms with E-state index in [0.29, 0.717) is 13.0 Å². The smallest absolute Gasteiger partial charge is 0.226 e. The summed E-state index contributed by atoms with van der Waals surface area (Å²) in [6.07, 6.45) is 1.21. The molecule has 0 saturated heterocycles. The number of rotatable bonds is 6. The molecule has 0 aliphatic carbocycles. The van der Waals surface area contributed by atoms with Crippen molar-refractivity contribution in [3.63, 3.8) is 0 Å². The predicted molar refractivity (Wildman–Crippen MR) is 81.6 cm³/mol. The van der Waals surface area contributed by atoms with E-state index in [2.05, 4.69) is 5.32 Å². The van der Waals surface area contributed by atoms with E-state index in [1.54, 1.807) is 11.8 Å². The molecule has 0 saturated carbocycles. The molecule has 0 heterocycles. The Bertz CT molecular complexity index is 471. The zero-order valence-corrected chi connectivity index (χ0v) is 12.8. The Balaban J connectivity index is 2.54. The van der Waals surface area contributed by atoms with Gasteiger partial charge in [0, 0.05) is 31.6 Å². The minimum atomic E-state index is -0.0612. The van der Waals surface area contributed by atoms with Crippen LogP contribution in [-0.2, 0) is 9.59 Å². The molecular weight excluding hydrogens is 252 g/mol. The number of aryl methyl sites for hydroxylation is 1. The molecule has 20 heavy (non-hydrogen) atoms. The van der Waals surface area contributed by atoms with Crippen LogP contribution in [0.15, 0.2) is 24.3 Å². The standard InChI is InChI=1S/C16H24N2O2/c1-5-13(3)18(14(4)19)11-10-16(20)17-15-9-7-6-8-12(15)2/h6-9,13H,5,10-11H2,1-4H3,(H,17,20). The van der Waals surface area contributed by atoms with Crippen molar-refractivity contribution in [3.8, 4) is 0 Å². The number of carbonyl (C=O) groups excluding carboxylic acids is 2. The van der Waals surface area contributed by atoms with Crippen LogP contribution < -0.4 is 5.32 Å². The van der Waals surface area contributed by atoms with Crippen molar-refractivity contribution in [2.24, 2.45) is 0 Å². The van der Waals surface area contributed by atoms with Gasteiger partial charge in [-0.05, 0) is 31.9 Å². The second kappa shape index (κ2) is 7.68. The summed E-state index contributed by atoms with van der Waals surface area (Å²) in [6, 6.07) is 7.83. The van der Waals surface area contributed by atoms with Gasteiger partial charge in [0.2, 0.25) is 11.8 Å². The van der Waals surface area contributed by atoms with Gasteiger partial charge < -0.3 is 10.2 Å². The summed E-state index contributed by atoms with van der Waals surface area (Å²) >= 11 is 0. The highest BCUT2D eigenvalue weighted by Gasteiger charge is 2.16. The Labute approximate surface area is 121 Å². The van der Waals surface area contributed by atoms with Crippen molar-refractivity contribution in [3.05, 3.63) is 29.8 Å². The minimum absolute atomic E-state index is 0.0167. The summed E-state index contributed by atoms with van der Waals surface area (Å²) in [5, 5.41) is 2.88. The number of carbonyl (C=O) groups is 2. The Kier molecular flexibility index (Phi) is 6.22. The number of benzene rings is 1. The second-order valence-electron chi connectivity index (χ2n) is 5.08. The Morgan fingerprint density at radius 3 is 2.50 bits per heavy atom. The van der Waals surface area contributed by atoms with Gasteiger partial charge in [-0.2, -0.15) is 0 Å². The van der Waals surface area contributed by atoms with Gasteiger partial charge in [0.25, 0.3) is 0 Å². The topological polar surface area (TPSA) is 49.4 Å². The van der Waals surface area contributed by atoms with Gasteiger partial charge in [0.15, 0.2) is 0 Å². The number of para-hydroxylation sites is 1. The lowest BCUT2D eigenvalue weighted by atomic mass is 10.2. The van der Waals surface area contributed by atoms with E-state index in [-0.39, 0.29) is 17.9 Å². The van der Waals surface area contributed by atoms with Crippen LogP contribution in [0.1, 0.15) is 39.2 Å². The van der Waals surface area contributed by atoms with Crippen molar-refractivity contribution >= 4 is 17.5 Å². The normalized spacial score (nSPS) is 11.8. The molecule has 0 aliphatic heterocycles. The van der Waals surface area contributed by atoms with Crippen LogP contribution in [0, 0.1) is 6.92 Å². The molecular formula is C16H24N2O2. The van der Waals surface area contributed by atoms with E-state index in [9.17, 15) is 9.59 Å². The van der Waals surface area contributed by atoms with E-state index in [0.717, 1.165) is 17.7 Å². The highest BCUT2D eigenvalue weighted by Crippen LogP contribution is 2.13. The molecule has 0 aliphatic rings. The van der Waals surface area contributed by atoms with Gasteiger partial charge in [-0.3, -0.25) is 9.59 Å². The quantitative estimate of drug-likeness (QED) is 0.868. The first-order valence-corrected chi connectivity index (χ1v) is 7.08. The summed E-state index contributed by atoms with van der Waals surface area (Å²) < 4.78 is 0. The Morgan fingerprint density at radius 1 is 1.30 bits per heavy atom. The minimum Gasteiger partial charge on any atom is -0.340 e. The van der Waals surface area contributed by atoms with Gasteiger partial charge in [0.05, 0.1) is 0 Å². The zero-order chi connectivity index (χ0) is 15.1. The third-order valence-electron chi connectivity index (χ3n) is 3.53. The number of nitrogens with one attached hydrogen (secondary N) is 1. The Morgan fingerprint density at radius 2 is 1.95 bits per heavy atom. The van der Waals surface area contributed by atoms with Gasteiger partial charge in [0.1, 0.15) is 0 Å². The second-order valence-corrected chi connectivity index (χ2v) is 5.08. The summed E-state index contributed by atoms with van der Waals surface area (Å²) in [4.78, 5) is 25.3. The molecule has 4 heteroatoms. The van der Waals surface area contributed by atoms with Gasteiger partial charge in [-0.15, -0.1) is 0 Å². The van der Waals surface area contributed by atoms with Crippen LogP contribution in [0.2, 0.25) is 0 Å². The van der Waals surface area contributed by atoms with Gasteiger partial charge in [-0.1, -0.05) is 25.1 Å². The maximum Gasteiger partial charge on any atom is 0.226 e. The first-order valence-electron chi connectivity index (χ1n) is 7.08. The first kappa shape index (κ1) is 16.2. The molecule has 0 bridgehead atoms. The SMILES string of the molecule is CCC(C)N(CCC(=O)Nc1ccccc1C)C(C)=O. The Hall–Kier alpha value is -1.84. The maximum atomic E-state index is 12.0. The van der Waals surface area contributed by atoms with E-state index in [1.165, 1.54) is 0 Å². The molecule has 0 spiro atoms. The van der Waals surface area contributed by atoms with Gasteiger partial charge in [-0.25, -0.2) is 0 Å². The maximum absolute atomic E-state index is 12.0. The summed E-state index contributed by atoms with van der Waals surface area (Å²) in [6.45, 7) is 8.00. The van der Waals surface area contributed by atoms with Crippen LogP contribution in [0.5, 0.6) is 0 Å². The average molecular weight is 276 g/mol. The molecule has 1 atom stereocenters. The summed E-state index contributed by atoms with van der Waals surface area (Å²) in [7, 11) is 0. The van der Waals surface area contributed by atoms with Crippen LogP contribution in [-0.4, -0.2) is 29.3 Å². The lowest BCUT2D eigenvalue weighted by Gasteiger charge is -2.27. The molecule has 1 rings (SSSR count). The molecule has 4 nitrogen and oxygen atoms in total. The fourth-order valence-electron chi connectivity index (χ4n) is 2.06. The van der Waals surface area contributed by atoms with Crippen molar-refractivity contribution in [2.75, 3.05) is 11.9 Å². The van der Waals surface area contributed by atoms with E-state index in [1.807, 2.05) is 45.0 Å². The summed E-state index contributed by atoms with van der Waals surface area (Å²) in [5.41, 5.74) is 1.86. The van der Waals surface area contributed by atoms with Crippen LogP contribution in [0.25, 0.3) is 0 Å².